The van der Waals surface area contributed by atoms with Crippen molar-refractivity contribution in [3.05, 3.63) is 35.4 Å². The van der Waals surface area contributed by atoms with Crippen LogP contribution in [0.4, 0.5) is 13.2 Å². The van der Waals surface area contributed by atoms with Crippen LogP contribution < -0.4 is 5.32 Å². The van der Waals surface area contributed by atoms with E-state index in [1.165, 1.54) is 0 Å². The molecule has 0 radical (unpaired) electrons. The first-order valence-electron chi connectivity index (χ1n) is 6.94. The third-order valence-corrected chi connectivity index (χ3v) is 2.76. The number of ether oxygens (including phenoxy) is 1. The van der Waals surface area contributed by atoms with Crippen LogP contribution >= 0.6 is 0 Å². The molecule has 20 heavy (non-hydrogen) atoms. The molecule has 1 aromatic rings. The van der Waals surface area contributed by atoms with Gasteiger partial charge in [-0.3, -0.25) is 0 Å². The third kappa shape index (κ3) is 8.17. The zero-order chi connectivity index (χ0) is 14.8. The zero-order valence-corrected chi connectivity index (χ0v) is 11.8. The van der Waals surface area contributed by atoms with Gasteiger partial charge >= 0.3 is 6.18 Å². The second kappa shape index (κ2) is 8.97. The van der Waals surface area contributed by atoms with Gasteiger partial charge in [0, 0.05) is 19.6 Å². The van der Waals surface area contributed by atoms with Gasteiger partial charge in [-0.15, -0.1) is 0 Å². The number of nitrogens with one attached hydrogen (secondary N) is 1. The van der Waals surface area contributed by atoms with Gasteiger partial charge in [-0.05, 0) is 30.5 Å². The predicted molar refractivity (Wildman–Crippen MR) is 73.4 cm³/mol. The lowest BCUT2D eigenvalue weighted by atomic mass is 10.1. The summed E-state index contributed by atoms with van der Waals surface area (Å²) < 4.78 is 41.1. The summed E-state index contributed by atoms with van der Waals surface area (Å²) in [4.78, 5) is 0. The Balaban J connectivity index is 2.24. The molecule has 1 N–H and O–H groups in total. The molecule has 0 heterocycles. The molecule has 0 unspecified atom stereocenters. The standard InChI is InChI=1S/C15H22F3NO/c1-2-8-19-11-13-5-3-6-14(10-13)12-20-9-4-7-15(16,17)18/h3,5-6,10,19H,2,4,7-9,11-12H2,1H3. The quantitative estimate of drug-likeness (QED) is 0.693. The summed E-state index contributed by atoms with van der Waals surface area (Å²) in [5, 5.41) is 3.31. The average Bonchev–Trinajstić information content (AvgIpc) is 2.38. The number of rotatable bonds is 9. The van der Waals surface area contributed by atoms with Gasteiger partial charge in [0.15, 0.2) is 0 Å². The highest BCUT2D eigenvalue weighted by atomic mass is 19.4. The van der Waals surface area contributed by atoms with Crippen molar-refractivity contribution < 1.29 is 17.9 Å². The zero-order valence-electron chi connectivity index (χ0n) is 11.8. The average molecular weight is 289 g/mol. The van der Waals surface area contributed by atoms with Gasteiger partial charge in [-0.25, -0.2) is 0 Å². The molecule has 2 nitrogen and oxygen atoms in total. The van der Waals surface area contributed by atoms with Gasteiger partial charge in [0.2, 0.25) is 0 Å². The van der Waals surface area contributed by atoms with Crippen LogP contribution in [0.2, 0.25) is 0 Å². The Kier molecular flexibility index (Phi) is 7.62. The highest BCUT2D eigenvalue weighted by Crippen LogP contribution is 2.21. The Morgan fingerprint density at radius 3 is 2.65 bits per heavy atom. The minimum atomic E-state index is -4.09. The molecular weight excluding hydrogens is 267 g/mol. The fourth-order valence-corrected chi connectivity index (χ4v) is 1.80. The monoisotopic (exact) mass is 289 g/mol. The molecule has 0 aliphatic carbocycles. The van der Waals surface area contributed by atoms with E-state index in [2.05, 4.69) is 12.2 Å². The molecule has 114 valence electrons. The summed E-state index contributed by atoms with van der Waals surface area (Å²) in [6.45, 7) is 4.38. The first-order chi connectivity index (χ1) is 9.51. The highest BCUT2D eigenvalue weighted by Gasteiger charge is 2.25. The van der Waals surface area contributed by atoms with Crippen molar-refractivity contribution >= 4 is 0 Å². The maximum atomic E-state index is 11.9. The van der Waals surface area contributed by atoms with E-state index in [0.29, 0.717) is 6.61 Å². The smallest absolute Gasteiger partial charge is 0.377 e. The van der Waals surface area contributed by atoms with Crippen LogP contribution in [0, 0.1) is 0 Å². The molecular formula is C15H22F3NO. The van der Waals surface area contributed by atoms with Crippen LogP contribution in [0.15, 0.2) is 24.3 Å². The van der Waals surface area contributed by atoms with E-state index in [4.69, 9.17) is 4.74 Å². The first-order valence-corrected chi connectivity index (χ1v) is 6.94. The summed E-state index contributed by atoms with van der Waals surface area (Å²) >= 11 is 0. The summed E-state index contributed by atoms with van der Waals surface area (Å²) in [6.07, 6.45) is -3.77. The van der Waals surface area contributed by atoms with Crippen molar-refractivity contribution in [2.24, 2.45) is 0 Å². The van der Waals surface area contributed by atoms with Gasteiger partial charge in [-0.2, -0.15) is 13.2 Å². The van der Waals surface area contributed by atoms with E-state index in [0.717, 1.165) is 30.6 Å². The van der Waals surface area contributed by atoms with Gasteiger partial charge in [-0.1, -0.05) is 31.2 Å². The number of benzene rings is 1. The van der Waals surface area contributed by atoms with Gasteiger partial charge < -0.3 is 10.1 Å². The van der Waals surface area contributed by atoms with Crippen molar-refractivity contribution in [1.29, 1.82) is 0 Å². The van der Waals surface area contributed by atoms with Crippen molar-refractivity contribution in [2.45, 2.75) is 45.5 Å². The number of alkyl halides is 3. The number of hydrogen-bond acceptors (Lipinski definition) is 2. The Bertz CT molecular complexity index is 380. The van der Waals surface area contributed by atoms with E-state index in [1.807, 2.05) is 24.3 Å². The number of halogens is 3. The van der Waals surface area contributed by atoms with Crippen LogP contribution in [0.5, 0.6) is 0 Å². The number of hydrogen-bond donors (Lipinski definition) is 1. The molecule has 0 saturated carbocycles. The molecule has 1 aromatic carbocycles. The fourth-order valence-electron chi connectivity index (χ4n) is 1.80. The normalized spacial score (nSPS) is 11.8. The van der Waals surface area contributed by atoms with E-state index < -0.39 is 12.6 Å². The summed E-state index contributed by atoms with van der Waals surface area (Å²) in [5.74, 6) is 0. The predicted octanol–water partition coefficient (Wildman–Crippen LogP) is 4.05. The highest BCUT2D eigenvalue weighted by molar-refractivity contribution is 5.22. The van der Waals surface area contributed by atoms with Gasteiger partial charge in [0.05, 0.1) is 6.61 Å². The van der Waals surface area contributed by atoms with Crippen molar-refractivity contribution in [3.8, 4) is 0 Å². The van der Waals surface area contributed by atoms with Crippen LogP contribution in [0.3, 0.4) is 0 Å². The summed E-state index contributed by atoms with van der Waals surface area (Å²) in [5.41, 5.74) is 2.16. The molecule has 0 atom stereocenters. The molecule has 0 saturated heterocycles. The van der Waals surface area contributed by atoms with E-state index in [9.17, 15) is 13.2 Å². The fraction of sp³-hybridized carbons (Fsp3) is 0.600. The minimum Gasteiger partial charge on any atom is -0.377 e. The molecule has 1 rings (SSSR count). The van der Waals surface area contributed by atoms with Crippen molar-refractivity contribution in [3.63, 3.8) is 0 Å². The molecule has 0 aromatic heterocycles. The topological polar surface area (TPSA) is 21.3 Å². The maximum Gasteiger partial charge on any atom is 0.389 e. The minimum absolute atomic E-state index is 0.0151. The lowest BCUT2D eigenvalue weighted by Crippen LogP contribution is -2.13. The Morgan fingerprint density at radius 1 is 1.20 bits per heavy atom. The SMILES string of the molecule is CCCNCc1cccc(COCCCC(F)(F)F)c1. The largest absolute Gasteiger partial charge is 0.389 e. The lowest BCUT2D eigenvalue weighted by Gasteiger charge is -2.08. The van der Waals surface area contributed by atoms with Crippen molar-refractivity contribution in [2.75, 3.05) is 13.2 Å². The van der Waals surface area contributed by atoms with Crippen LogP contribution in [-0.4, -0.2) is 19.3 Å². The Hall–Kier alpha value is -1.07. The van der Waals surface area contributed by atoms with Gasteiger partial charge in [0.25, 0.3) is 0 Å². The third-order valence-electron chi connectivity index (χ3n) is 2.76. The second-order valence-corrected chi connectivity index (χ2v) is 4.77. The molecule has 0 aliphatic rings. The first kappa shape index (κ1) is 17.0. The Morgan fingerprint density at radius 2 is 1.95 bits per heavy atom. The molecule has 0 aliphatic heterocycles. The molecule has 5 heteroatoms. The maximum absolute atomic E-state index is 11.9. The van der Waals surface area contributed by atoms with E-state index in [-0.39, 0.29) is 13.0 Å². The summed E-state index contributed by atoms with van der Waals surface area (Å²) in [6, 6.07) is 7.91. The van der Waals surface area contributed by atoms with Crippen LogP contribution in [0.25, 0.3) is 0 Å². The second-order valence-electron chi connectivity index (χ2n) is 4.77. The Labute approximate surface area is 118 Å². The van der Waals surface area contributed by atoms with Crippen LogP contribution in [-0.2, 0) is 17.9 Å². The van der Waals surface area contributed by atoms with Crippen LogP contribution in [0.1, 0.15) is 37.3 Å². The van der Waals surface area contributed by atoms with Gasteiger partial charge in [0.1, 0.15) is 0 Å². The summed E-state index contributed by atoms with van der Waals surface area (Å²) in [7, 11) is 0. The molecule has 0 bridgehead atoms. The van der Waals surface area contributed by atoms with E-state index >= 15 is 0 Å². The van der Waals surface area contributed by atoms with E-state index in [1.54, 1.807) is 0 Å². The molecule has 0 spiro atoms. The molecule has 0 amide bonds. The molecule has 0 fully saturated rings. The lowest BCUT2D eigenvalue weighted by molar-refractivity contribution is -0.138. The van der Waals surface area contributed by atoms with Crippen molar-refractivity contribution in [1.82, 2.24) is 5.32 Å².